The van der Waals surface area contributed by atoms with Crippen molar-refractivity contribution >= 4 is 45.0 Å². The molecule has 4 aromatic rings. The molecule has 1 unspecified atom stereocenters. The molecule has 1 aromatic heterocycles. The van der Waals surface area contributed by atoms with Crippen molar-refractivity contribution in [3.05, 3.63) is 82.3 Å². The number of benzene rings is 3. The minimum absolute atomic E-state index is 0.459. The standard InChI is InChI=1S/C22H20Cl2N2O/c23-16-6-8-21-19(10-16)20-11-17(24)7-9-22(20)26(21)14-18(27)13-25-12-15-4-2-1-3-5-15/h1-11,18,25,27H,12-14H2/p+1. The van der Waals surface area contributed by atoms with Crippen molar-refractivity contribution in [3.63, 3.8) is 0 Å². The zero-order chi connectivity index (χ0) is 18.8. The lowest BCUT2D eigenvalue weighted by Crippen LogP contribution is -2.85. The molecule has 0 saturated heterocycles. The normalized spacial score (nSPS) is 12.7. The SMILES string of the molecule is OC(C[NH2+]Cc1ccccc1)Cn1c2ccc(Cl)cc2c2cc(Cl)ccc21. The van der Waals surface area contributed by atoms with Crippen molar-refractivity contribution in [2.45, 2.75) is 19.2 Å². The average molecular weight is 400 g/mol. The maximum Gasteiger partial charge on any atom is 0.121 e. The molecule has 1 atom stereocenters. The van der Waals surface area contributed by atoms with E-state index in [2.05, 4.69) is 22.0 Å². The van der Waals surface area contributed by atoms with Crippen LogP contribution < -0.4 is 5.32 Å². The molecule has 0 radical (unpaired) electrons. The topological polar surface area (TPSA) is 41.8 Å². The molecule has 27 heavy (non-hydrogen) atoms. The van der Waals surface area contributed by atoms with Crippen molar-refractivity contribution in [3.8, 4) is 0 Å². The first-order valence-electron chi connectivity index (χ1n) is 9.02. The van der Waals surface area contributed by atoms with Crippen LogP contribution in [0.25, 0.3) is 21.8 Å². The van der Waals surface area contributed by atoms with Crippen LogP contribution in [0, 0.1) is 0 Å². The Morgan fingerprint density at radius 1 is 0.852 bits per heavy atom. The average Bonchev–Trinajstić information content (AvgIpc) is 2.95. The van der Waals surface area contributed by atoms with Crippen molar-refractivity contribution in [2.75, 3.05) is 6.54 Å². The zero-order valence-corrected chi connectivity index (χ0v) is 16.3. The van der Waals surface area contributed by atoms with E-state index in [-0.39, 0.29) is 0 Å². The first-order valence-corrected chi connectivity index (χ1v) is 9.78. The number of nitrogens with two attached hydrogens (primary N) is 1. The summed E-state index contributed by atoms with van der Waals surface area (Å²) in [5.41, 5.74) is 3.36. The fourth-order valence-corrected chi connectivity index (χ4v) is 3.93. The van der Waals surface area contributed by atoms with Crippen LogP contribution in [-0.4, -0.2) is 22.3 Å². The van der Waals surface area contributed by atoms with Crippen LogP contribution in [0.3, 0.4) is 0 Å². The number of nitrogens with zero attached hydrogens (tertiary/aromatic N) is 1. The highest BCUT2D eigenvalue weighted by atomic mass is 35.5. The summed E-state index contributed by atoms with van der Waals surface area (Å²) in [6, 6.07) is 22.0. The van der Waals surface area contributed by atoms with Gasteiger partial charge in [-0.3, -0.25) is 0 Å². The van der Waals surface area contributed by atoms with Gasteiger partial charge in [0.15, 0.2) is 0 Å². The van der Waals surface area contributed by atoms with Crippen molar-refractivity contribution < 1.29 is 10.4 Å². The molecule has 1 heterocycles. The quantitative estimate of drug-likeness (QED) is 0.500. The lowest BCUT2D eigenvalue weighted by Gasteiger charge is -2.13. The molecule has 0 fully saturated rings. The van der Waals surface area contributed by atoms with Gasteiger partial charge in [0, 0.05) is 37.4 Å². The van der Waals surface area contributed by atoms with E-state index < -0.39 is 6.10 Å². The minimum atomic E-state index is -0.459. The number of aromatic nitrogens is 1. The van der Waals surface area contributed by atoms with Gasteiger partial charge in [-0.2, -0.15) is 0 Å². The number of rotatable bonds is 6. The predicted octanol–water partition coefficient (Wildman–Crippen LogP) is 4.23. The number of halogens is 2. The van der Waals surface area contributed by atoms with Gasteiger partial charge >= 0.3 is 0 Å². The maximum atomic E-state index is 10.6. The van der Waals surface area contributed by atoms with Gasteiger partial charge < -0.3 is 15.0 Å². The van der Waals surface area contributed by atoms with Crippen LogP contribution in [0.5, 0.6) is 0 Å². The smallest absolute Gasteiger partial charge is 0.121 e. The van der Waals surface area contributed by atoms with E-state index in [4.69, 9.17) is 23.2 Å². The summed E-state index contributed by atoms with van der Waals surface area (Å²) in [6.07, 6.45) is -0.459. The molecular formula is C22H21Cl2N2O+. The van der Waals surface area contributed by atoms with Crippen LogP contribution in [0.2, 0.25) is 10.0 Å². The lowest BCUT2D eigenvalue weighted by molar-refractivity contribution is -0.676. The molecule has 0 spiro atoms. The molecule has 5 heteroatoms. The monoisotopic (exact) mass is 399 g/mol. The molecule has 0 aliphatic carbocycles. The molecule has 0 aliphatic rings. The van der Waals surface area contributed by atoms with Gasteiger partial charge in [0.2, 0.25) is 0 Å². The number of hydrogen-bond donors (Lipinski definition) is 2. The van der Waals surface area contributed by atoms with Crippen LogP contribution in [0.4, 0.5) is 0 Å². The van der Waals surface area contributed by atoms with Gasteiger partial charge in [0.05, 0.1) is 6.54 Å². The first kappa shape index (κ1) is 18.3. The summed E-state index contributed by atoms with van der Waals surface area (Å²) in [7, 11) is 0. The van der Waals surface area contributed by atoms with E-state index in [1.165, 1.54) is 5.56 Å². The number of hydrogen-bond acceptors (Lipinski definition) is 1. The molecule has 3 aromatic carbocycles. The Hall–Kier alpha value is -2.04. The Morgan fingerprint density at radius 2 is 1.44 bits per heavy atom. The van der Waals surface area contributed by atoms with Gasteiger partial charge in [-0.15, -0.1) is 0 Å². The highest BCUT2D eigenvalue weighted by Crippen LogP contribution is 2.32. The second-order valence-corrected chi connectivity index (χ2v) is 7.67. The number of aliphatic hydroxyl groups is 1. The second kappa shape index (κ2) is 7.91. The Morgan fingerprint density at radius 3 is 2.04 bits per heavy atom. The van der Waals surface area contributed by atoms with E-state index in [9.17, 15) is 5.11 Å². The summed E-state index contributed by atoms with van der Waals surface area (Å²) in [6.45, 7) is 2.02. The van der Waals surface area contributed by atoms with E-state index in [1.54, 1.807) is 0 Å². The molecule has 0 aliphatic heterocycles. The summed E-state index contributed by atoms with van der Waals surface area (Å²) >= 11 is 12.4. The highest BCUT2D eigenvalue weighted by molar-refractivity contribution is 6.33. The van der Waals surface area contributed by atoms with E-state index in [0.717, 1.165) is 28.4 Å². The lowest BCUT2D eigenvalue weighted by atomic mass is 10.1. The van der Waals surface area contributed by atoms with Gasteiger partial charge in [0.25, 0.3) is 0 Å². The maximum absolute atomic E-state index is 10.6. The summed E-state index contributed by atoms with van der Waals surface area (Å²) < 4.78 is 2.15. The molecule has 138 valence electrons. The Balaban J connectivity index is 1.57. The summed E-state index contributed by atoms with van der Waals surface area (Å²) in [4.78, 5) is 0. The molecule has 0 amide bonds. The van der Waals surface area contributed by atoms with E-state index >= 15 is 0 Å². The van der Waals surface area contributed by atoms with Gasteiger partial charge in [0.1, 0.15) is 19.2 Å². The molecular weight excluding hydrogens is 379 g/mol. The third-order valence-electron chi connectivity index (χ3n) is 4.84. The molecule has 3 nitrogen and oxygen atoms in total. The molecule has 0 saturated carbocycles. The molecule has 4 rings (SSSR count). The van der Waals surface area contributed by atoms with Crippen LogP contribution in [0.15, 0.2) is 66.7 Å². The van der Waals surface area contributed by atoms with Crippen molar-refractivity contribution in [2.24, 2.45) is 0 Å². The third kappa shape index (κ3) is 3.97. The fraction of sp³-hybridized carbons (Fsp3) is 0.182. The third-order valence-corrected chi connectivity index (χ3v) is 5.31. The summed E-state index contributed by atoms with van der Waals surface area (Å²) in [5.74, 6) is 0. The number of aliphatic hydroxyl groups excluding tert-OH is 1. The van der Waals surface area contributed by atoms with Gasteiger partial charge in [-0.05, 0) is 36.4 Å². The summed E-state index contributed by atoms with van der Waals surface area (Å²) in [5, 5.41) is 16.3. The van der Waals surface area contributed by atoms with Crippen LogP contribution in [0.1, 0.15) is 5.56 Å². The minimum Gasteiger partial charge on any atom is -0.385 e. The largest absolute Gasteiger partial charge is 0.385 e. The van der Waals surface area contributed by atoms with Crippen molar-refractivity contribution in [1.82, 2.24) is 4.57 Å². The van der Waals surface area contributed by atoms with E-state index in [0.29, 0.717) is 23.1 Å². The first-order chi connectivity index (χ1) is 13.1. The van der Waals surface area contributed by atoms with Crippen LogP contribution in [-0.2, 0) is 13.1 Å². The number of quaternary nitrogens is 1. The van der Waals surface area contributed by atoms with Gasteiger partial charge in [-0.25, -0.2) is 0 Å². The Bertz CT molecular complexity index is 1020. The molecule has 0 bridgehead atoms. The highest BCUT2D eigenvalue weighted by Gasteiger charge is 2.15. The Labute approximate surface area is 168 Å². The molecule has 3 N–H and O–H groups in total. The van der Waals surface area contributed by atoms with Crippen LogP contribution >= 0.6 is 23.2 Å². The van der Waals surface area contributed by atoms with Gasteiger partial charge in [-0.1, -0.05) is 53.5 Å². The van der Waals surface area contributed by atoms with Crippen molar-refractivity contribution in [1.29, 1.82) is 0 Å². The second-order valence-electron chi connectivity index (χ2n) is 6.80. The number of fused-ring (bicyclic) bond motifs is 3. The Kier molecular flexibility index (Phi) is 5.37. The zero-order valence-electron chi connectivity index (χ0n) is 14.8. The fourth-order valence-electron chi connectivity index (χ4n) is 3.59. The predicted molar refractivity (Wildman–Crippen MR) is 112 cm³/mol. The van der Waals surface area contributed by atoms with E-state index in [1.807, 2.05) is 54.6 Å².